The Bertz CT molecular complexity index is 283. The fourth-order valence-electron chi connectivity index (χ4n) is 2.00. The first kappa shape index (κ1) is 11.0. The van der Waals surface area contributed by atoms with Crippen LogP contribution in [0.2, 0.25) is 0 Å². The Labute approximate surface area is 94.9 Å². The van der Waals surface area contributed by atoms with Crippen molar-refractivity contribution < 1.29 is 4.74 Å². The zero-order valence-electron chi connectivity index (χ0n) is 9.27. The van der Waals surface area contributed by atoms with E-state index >= 15 is 0 Å². The van der Waals surface area contributed by atoms with Gasteiger partial charge in [0, 0.05) is 24.1 Å². The maximum absolute atomic E-state index is 5.40. The van der Waals surface area contributed by atoms with Crippen LogP contribution in [0.4, 0.5) is 0 Å². The third-order valence-corrected chi connectivity index (χ3v) is 3.68. The van der Waals surface area contributed by atoms with E-state index < -0.39 is 0 Å². The van der Waals surface area contributed by atoms with Gasteiger partial charge in [-0.2, -0.15) is 0 Å². The van der Waals surface area contributed by atoms with Gasteiger partial charge in [-0.15, -0.1) is 11.3 Å². The van der Waals surface area contributed by atoms with Crippen molar-refractivity contribution in [3.8, 4) is 0 Å². The molecule has 1 N–H and O–H groups in total. The van der Waals surface area contributed by atoms with Crippen LogP contribution in [0.1, 0.15) is 32.0 Å². The molecule has 3 nitrogen and oxygen atoms in total. The monoisotopic (exact) mass is 226 g/mol. The van der Waals surface area contributed by atoms with Crippen LogP contribution >= 0.6 is 11.3 Å². The highest BCUT2D eigenvalue weighted by Gasteiger charge is 2.23. The van der Waals surface area contributed by atoms with E-state index in [0.717, 1.165) is 18.9 Å². The molecule has 1 aliphatic heterocycles. The van der Waals surface area contributed by atoms with Gasteiger partial charge < -0.3 is 10.1 Å². The lowest BCUT2D eigenvalue weighted by Gasteiger charge is -2.23. The third kappa shape index (κ3) is 2.77. The van der Waals surface area contributed by atoms with Gasteiger partial charge in [-0.05, 0) is 26.2 Å². The average molecular weight is 226 g/mol. The first-order valence-electron chi connectivity index (χ1n) is 5.49. The minimum Gasteiger partial charge on any atom is -0.381 e. The second-order valence-corrected chi connectivity index (χ2v) is 4.93. The van der Waals surface area contributed by atoms with Crippen LogP contribution in [0.5, 0.6) is 0 Å². The number of aromatic nitrogens is 1. The molecular formula is C11H18N2OS. The molecule has 15 heavy (non-hydrogen) atoms. The Balaban J connectivity index is 1.85. The van der Waals surface area contributed by atoms with E-state index in [4.69, 9.17) is 4.74 Å². The summed E-state index contributed by atoms with van der Waals surface area (Å²) in [5, 5.41) is 5.70. The van der Waals surface area contributed by atoms with Gasteiger partial charge in [0.1, 0.15) is 0 Å². The summed E-state index contributed by atoms with van der Waals surface area (Å²) >= 11 is 1.65. The van der Waals surface area contributed by atoms with Crippen molar-refractivity contribution in [2.75, 3.05) is 13.2 Å². The topological polar surface area (TPSA) is 34.1 Å². The van der Waals surface area contributed by atoms with E-state index in [-0.39, 0.29) is 0 Å². The number of rotatable bonds is 4. The Hall–Kier alpha value is -0.450. The normalized spacial score (nSPS) is 25.3. The highest BCUT2D eigenvalue weighted by molar-refractivity contribution is 7.07. The minimum absolute atomic E-state index is 0.340. The summed E-state index contributed by atoms with van der Waals surface area (Å²) in [7, 11) is 0. The molecule has 2 rings (SSSR count). The Kier molecular flexibility index (Phi) is 3.72. The lowest BCUT2D eigenvalue weighted by Crippen LogP contribution is -2.35. The van der Waals surface area contributed by atoms with Gasteiger partial charge in [-0.1, -0.05) is 0 Å². The van der Waals surface area contributed by atoms with E-state index in [1.54, 1.807) is 11.3 Å². The molecule has 1 fully saturated rings. The lowest BCUT2D eigenvalue weighted by atomic mass is 10.00. The number of ether oxygens (including phenoxy) is 1. The Morgan fingerprint density at radius 1 is 1.60 bits per heavy atom. The first-order valence-corrected chi connectivity index (χ1v) is 6.43. The predicted molar refractivity (Wildman–Crippen MR) is 62.1 cm³/mol. The molecule has 84 valence electrons. The van der Waals surface area contributed by atoms with Crippen molar-refractivity contribution in [3.63, 3.8) is 0 Å². The molecule has 0 bridgehead atoms. The van der Waals surface area contributed by atoms with Crippen LogP contribution < -0.4 is 5.32 Å². The van der Waals surface area contributed by atoms with Gasteiger partial charge in [0.05, 0.1) is 17.8 Å². The van der Waals surface area contributed by atoms with Crippen molar-refractivity contribution in [2.24, 2.45) is 5.92 Å². The Morgan fingerprint density at radius 2 is 2.47 bits per heavy atom. The quantitative estimate of drug-likeness (QED) is 0.855. The Morgan fingerprint density at radius 3 is 3.07 bits per heavy atom. The van der Waals surface area contributed by atoms with Crippen molar-refractivity contribution in [1.29, 1.82) is 0 Å². The number of nitrogens with one attached hydrogen (secondary N) is 1. The maximum Gasteiger partial charge on any atom is 0.0795 e. The molecule has 1 aromatic heterocycles. The molecule has 0 aromatic carbocycles. The van der Waals surface area contributed by atoms with Gasteiger partial charge in [0.15, 0.2) is 0 Å². The van der Waals surface area contributed by atoms with Crippen molar-refractivity contribution in [2.45, 2.75) is 32.4 Å². The summed E-state index contributed by atoms with van der Waals surface area (Å²) in [4.78, 5) is 4.32. The zero-order valence-corrected chi connectivity index (χ0v) is 10.1. The summed E-state index contributed by atoms with van der Waals surface area (Å²) < 4.78 is 5.40. The molecule has 1 saturated heterocycles. The lowest BCUT2D eigenvalue weighted by molar-refractivity contribution is 0.177. The second-order valence-electron chi connectivity index (χ2n) is 4.21. The third-order valence-electron chi connectivity index (χ3n) is 3.08. The predicted octanol–water partition coefficient (Wildman–Crippen LogP) is 2.22. The zero-order chi connectivity index (χ0) is 10.7. The van der Waals surface area contributed by atoms with Crippen molar-refractivity contribution in [3.05, 3.63) is 16.6 Å². The van der Waals surface area contributed by atoms with E-state index in [0.29, 0.717) is 18.0 Å². The van der Waals surface area contributed by atoms with Crippen LogP contribution in [0.25, 0.3) is 0 Å². The van der Waals surface area contributed by atoms with Crippen LogP contribution in [0, 0.1) is 5.92 Å². The molecule has 1 aromatic rings. The highest BCUT2D eigenvalue weighted by atomic mass is 32.1. The number of hydrogen-bond acceptors (Lipinski definition) is 4. The molecule has 3 unspecified atom stereocenters. The summed E-state index contributed by atoms with van der Waals surface area (Å²) in [6.07, 6.45) is 1.18. The molecule has 0 saturated carbocycles. The number of hydrogen-bond donors (Lipinski definition) is 1. The molecule has 0 amide bonds. The van der Waals surface area contributed by atoms with Gasteiger partial charge >= 0.3 is 0 Å². The molecule has 1 aliphatic rings. The van der Waals surface area contributed by atoms with Crippen LogP contribution in [0.15, 0.2) is 10.9 Å². The SMILES string of the molecule is CC(NC(C)C1CCOC1)c1cscn1. The van der Waals surface area contributed by atoms with Gasteiger partial charge in [0.25, 0.3) is 0 Å². The summed E-state index contributed by atoms with van der Waals surface area (Å²) in [6.45, 7) is 6.23. The largest absolute Gasteiger partial charge is 0.381 e. The van der Waals surface area contributed by atoms with Gasteiger partial charge in [0.2, 0.25) is 0 Å². The number of thiazole rings is 1. The summed E-state index contributed by atoms with van der Waals surface area (Å²) in [6, 6.07) is 0.844. The summed E-state index contributed by atoms with van der Waals surface area (Å²) in [5.74, 6) is 0.658. The molecule has 0 radical (unpaired) electrons. The maximum atomic E-state index is 5.40. The molecule has 3 atom stereocenters. The van der Waals surface area contributed by atoms with Crippen LogP contribution in [-0.4, -0.2) is 24.2 Å². The van der Waals surface area contributed by atoms with Crippen molar-refractivity contribution in [1.82, 2.24) is 10.3 Å². The molecule has 0 aliphatic carbocycles. The fraction of sp³-hybridized carbons (Fsp3) is 0.727. The van der Waals surface area contributed by atoms with E-state index in [9.17, 15) is 0 Å². The van der Waals surface area contributed by atoms with Crippen molar-refractivity contribution >= 4 is 11.3 Å². The molecule has 4 heteroatoms. The second kappa shape index (κ2) is 5.05. The van der Waals surface area contributed by atoms with Gasteiger partial charge in [-0.25, -0.2) is 4.98 Å². The molecule has 0 spiro atoms. The van der Waals surface area contributed by atoms with Crippen LogP contribution in [0.3, 0.4) is 0 Å². The number of nitrogens with zero attached hydrogens (tertiary/aromatic N) is 1. The summed E-state index contributed by atoms with van der Waals surface area (Å²) in [5.41, 5.74) is 3.03. The van der Waals surface area contributed by atoms with E-state index in [2.05, 4.69) is 29.5 Å². The van der Waals surface area contributed by atoms with Gasteiger partial charge in [-0.3, -0.25) is 0 Å². The standard InChI is InChI=1S/C11H18N2OS/c1-8(10-3-4-14-5-10)13-9(2)11-6-15-7-12-11/h6-10,13H,3-5H2,1-2H3. The first-order chi connectivity index (χ1) is 7.27. The van der Waals surface area contributed by atoms with Crippen LogP contribution in [-0.2, 0) is 4.74 Å². The smallest absolute Gasteiger partial charge is 0.0795 e. The molecule has 2 heterocycles. The van der Waals surface area contributed by atoms with E-state index in [1.165, 1.54) is 6.42 Å². The highest BCUT2D eigenvalue weighted by Crippen LogP contribution is 2.20. The molecular weight excluding hydrogens is 208 g/mol. The minimum atomic E-state index is 0.340. The van der Waals surface area contributed by atoms with E-state index in [1.807, 2.05) is 5.51 Å². The fourth-order valence-corrected chi connectivity index (χ4v) is 2.65. The average Bonchev–Trinajstić information content (AvgIpc) is 2.91.